The molecule has 1 aliphatic rings. The molecule has 0 unspecified atom stereocenters. The summed E-state index contributed by atoms with van der Waals surface area (Å²) in [5.74, 6) is -1.90. The van der Waals surface area contributed by atoms with Crippen molar-refractivity contribution in [1.82, 2.24) is 5.32 Å². The normalized spacial score (nSPS) is 14.9. The zero-order chi connectivity index (χ0) is 12.1. The number of aliphatic carboxylic acids is 1. The van der Waals surface area contributed by atoms with E-state index in [4.69, 9.17) is 15.6 Å². The number of nitrogens with two attached hydrogens (primary N) is 1. The first-order valence-corrected chi connectivity index (χ1v) is 4.47. The lowest BCUT2D eigenvalue weighted by molar-refractivity contribution is -0.192. The van der Waals surface area contributed by atoms with E-state index in [2.05, 4.69) is 17.5 Å². The summed E-state index contributed by atoms with van der Waals surface area (Å²) in [7, 11) is 0. The highest BCUT2D eigenvalue weighted by atomic mass is 32.1. The van der Waals surface area contributed by atoms with Gasteiger partial charge in [-0.15, -0.1) is 0 Å². The number of nitrogens with one attached hydrogen (secondary N) is 1. The second-order valence-corrected chi connectivity index (χ2v) is 3.43. The van der Waals surface area contributed by atoms with E-state index in [-0.39, 0.29) is 0 Å². The molecular formula is C7H11F3N2O2S. The van der Waals surface area contributed by atoms with Gasteiger partial charge >= 0.3 is 12.1 Å². The molecule has 0 amide bonds. The molecule has 0 saturated heterocycles. The van der Waals surface area contributed by atoms with Gasteiger partial charge in [-0.05, 0) is 31.0 Å². The van der Waals surface area contributed by atoms with E-state index in [9.17, 15) is 13.2 Å². The Hall–Kier alpha value is -1.05. The molecule has 8 heteroatoms. The molecule has 0 bridgehead atoms. The van der Waals surface area contributed by atoms with Crippen LogP contribution in [-0.4, -0.2) is 28.9 Å². The molecule has 0 heterocycles. The Morgan fingerprint density at radius 2 is 1.93 bits per heavy atom. The fraction of sp³-hybridized carbons (Fsp3) is 0.714. The quantitative estimate of drug-likeness (QED) is 0.628. The number of halogens is 3. The van der Waals surface area contributed by atoms with E-state index < -0.39 is 12.1 Å². The molecule has 1 fully saturated rings. The first-order valence-electron chi connectivity index (χ1n) is 4.07. The molecule has 1 rings (SSSR count). The van der Waals surface area contributed by atoms with Crippen molar-refractivity contribution < 1.29 is 23.1 Å². The molecule has 0 atom stereocenters. The van der Waals surface area contributed by atoms with E-state index in [1.807, 2.05) is 0 Å². The van der Waals surface area contributed by atoms with Gasteiger partial charge in [-0.25, -0.2) is 4.79 Å². The van der Waals surface area contributed by atoms with Gasteiger partial charge in [0.1, 0.15) is 0 Å². The third-order valence-corrected chi connectivity index (χ3v) is 1.65. The molecule has 0 aromatic carbocycles. The zero-order valence-corrected chi connectivity index (χ0v) is 8.49. The molecule has 15 heavy (non-hydrogen) atoms. The lowest BCUT2D eigenvalue weighted by Gasteiger charge is -1.98. The van der Waals surface area contributed by atoms with Crippen molar-refractivity contribution in [3.8, 4) is 0 Å². The van der Waals surface area contributed by atoms with Crippen LogP contribution in [0.25, 0.3) is 0 Å². The van der Waals surface area contributed by atoms with Crippen molar-refractivity contribution in [2.24, 2.45) is 11.7 Å². The summed E-state index contributed by atoms with van der Waals surface area (Å²) in [6.07, 6.45) is -2.40. The summed E-state index contributed by atoms with van der Waals surface area (Å²) in [6.45, 7) is 0.981. The minimum Gasteiger partial charge on any atom is -0.475 e. The number of rotatable bonds is 2. The Morgan fingerprint density at radius 3 is 2.13 bits per heavy atom. The van der Waals surface area contributed by atoms with Crippen LogP contribution in [0.15, 0.2) is 0 Å². The van der Waals surface area contributed by atoms with Crippen molar-refractivity contribution in [3.05, 3.63) is 0 Å². The lowest BCUT2D eigenvalue weighted by atomic mass is 10.4. The smallest absolute Gasteiger partial charge is 0.475 e. The predicted octanol–water partition coefficient (Wildman–Crippen LogP) is 0.863. The topological polar surface area (TPSA) is 75.3 Å². The van der Waals surface area contributed by atoms with Gasteiger partial charge in [0.2, 0.25) is 0 Å². The standard InChI is InChI=1S/C5H10N2S.C2HF3O2/c6-5(8)7-3-4-1-2-4;3-2(4,5)1(6)7/h4H,1-3H2,(H3,6,7,8);(H,6,7). The third kappa shape index (κ3) is 9.26. The Balaban J connectivity index is 0.000000265. The van der Waals surface area contributed by atoms with Crippen LogP contribution in [-0.2, 0) is 4.79 Å². The number of carbonyl (C=O) groups is 1. The molecule has 4 N–H and O–H groups in total. The maximum atomic E-state index is 10.6. The number of hydrogen-bond donors (Lipinski definition) is 3. The first kappa shape index (κ1) is 13.9. The van der Waals surface area contributed by atoms with Crippen molar-refractivity contribution in [2.45, 2.75) is 19.0 Å². The highest BCUT2D eigenvalue weighted by Gasteiger charge is 2.38. The molecule has 0 aliphatic heterocycles. The summed E-state index contributed by atoms with van der Waals surface area (Å²) < 4.78 is 31.7. The van der Waals surface area contributed by atoms with Gasteiger partial charge in [0.15, 0.2) is 5.11 Å². The highest BCUT2D eigenvalue weighted by molar-refractivity contribution is 7.80. The van der Waals surface area contributed by atoms with Crippen LogP contribution in [0.1, 0.15) is 12.8 Å². The summed E-state index contributed by atoms with van der Waals surface area (Å²) >= 11 is 4.61. The third-order valence-electron chi connectivity index (χ3n) is 1.50. The van der Waals surface area contributed by atoms with Gasteiger partial charge in [0.05, 0.1) is 0 Å². The summed E-state index contributed by atoms with van der Waals surface area (Å²) in [5.41, 5.74) is 5.19. The fourth-order valence-corrected chi connectivity index (χ4v) is 0.650. The van der Waals surface area contributed by atoms with Crippen molar-refractivity contribution in [2.75, 3.05) is 6.54 Å². The van der Waals surface area contributed by atoms with Gasteiger partial charge in [0, 0.05) is 6.54 Å². The Kier molecular flexibility index (Phi) is 5.34. The molecule has 1 aliphatic carbocycles. The Bertz CT molecular complexity index is 241. The van der Waals surface area contributed by atoms with Crippen molar-refractivity contribution in [1.29, 1.82) is 0 Å². The molecule has 0 aromatic rings. The Labute approximate surface area is 89.6 Å². The average molecular weight is 244 g/mol. The minimum atomic E-state index is -5.08. The van der Waals surface area contributed by atoms with Gasteiger partial charge in [-0.3, -0.25) is 0 Å². The van der Waals surface area contributed by atoms with E-state index in [0.717, 1.165) is 12.5 Å². The Morgan fingerprint density at radius 1 is 1.53 bits per heavy atom. The number of carboxylic acids is 1. The zero-order valence-electron chi connectivity index (χ0n) is 7.67. The molecule has 1 saturated carbocycles. The second kappa shape index (κ2) is 5.74. The van der Waals surface area contributed by atoms with E-state index in [1.165, 1.54) is 12.8 Å². The minimum absolute atomic E-state index is 0.428. The first-order chi connectivity index (χ1) is 6.73. The summed E-state index contributed by atoms with van der Waals surface area (Å²) in [6, 6.07) is 0. The van der Waals surface area contributed by atoms with Crippen LogP contribution < -0.4 is 11.1 Å². The second-order valence-electron chi connectivity index (χ2n) is 2.99. The predicted molar refractivity (Wildman–Crippen MR) is 51.2 cm³/mol. The van der Waals surface area contributed by atoms with Crippen LogP contribution in [0.3, 0.4) is 0 Å². The molecular weight excluding hydrogens is 233 g/mol. The fourth-order valence-electron chi connectivity index (χ4n) is 0.567. The SMILES string of the molecule is NC(=S)NCC1CC1.O=C(O)C(F)(F)F. The van der Waals surface area contributed by atoms with E-state index >= 15 is 0 Å². The van der Waals surface area contributed by atoms with Crippen molar-refractivity contribution in [3.63, 3.8) is 0 Å². The van der Waals surface area contributed by atoms with Gasteiger partial charge in [0.25, 0.3) is 0 Å². The molecule has 88 valence electrons. The maximum absolute atomic E-state index is 10.6. The van der Waals surface area contributed by atoms with Crippen LogP contribution in [0.5, 0.6) is 0 Å². The monoisotopic (exact) mass is 244 g/mol. The van der Waals surface area contributed by atoms with Gasteiger partial charge in [-0.1, -0.05) is 0 Å². The highest BCUT2D eigenvalue weighted by Crippen LogP contribution is 2.27. The van der Waals surface area contributed by atoms with Crippen LogP contribution >= 0.6 is 12.2 Å². The lowest BCUT2D eigenvalue weighted by Crippen LogP contribution is -2.30. The molecule has 4 nitrogen and oxygen atoms in total. The van der Waals surface area contributed by atoms with E-state index in [1.54, 1.807) is 0 Å². The summed E-state index contributed by atoms with van der Waals surface area (Å²) in [4.78, 5) is 8.90. The van der Waals surface area contributed by atoms with Crippen molar-refractivity contribution >= 4 is 23.3 Å². The molecule has 0 spiro atoms. The largest absolute Gasteiger partial charge is 0.490 e. The van der Waals surface area contributed by atoms with Gasteiger partial charge in [-0.2, -0.15) is 13.2 Å². The van der Waals surface area contributed by atoms with Gasteiger partial charge < -0.3 is 16.2 Å². The summed E-state index contributed by atoms with van der Waals surface area (Å²) in [5, 5.41) is 10.5. The van der Waals surface area contributed by atoms with Crippen LogP contribution in [0.2, 0.25) is 0 Å². The van der Waals surface area contributed by atoms with Crippen LogP contribution in [0.4, 0.5) is 13.2 Å². The van der Waals surface area contributed by atoms with Crippen LogP contribution in [0, 0.1) is 5.92 Å². The maximum Gasteiger partial charge on any atom is 0.490 e. The molecule has 0 aromatic heterocycles. The number of hydrogen-bond acceptors (Lipinski definition) is 2. The average Bonchev–Trinajstić information content (AvgIpc) is 2.82. The number of thiocarbonyl (C=S) groups is 1. The molecule has 0 radical (unpaired) electrons. The number of alkyl halides is 3. The number of carboxylic acid groups (broad SMARTS) is 1. The van der Waals surface area contributed by atoms with E-state index in [0.29, 0.717) is 5.11 Å².